The predicted molar refractivity (Wildman–Crippen MR) is 141 cm³/mol. The molecule has 6 unspecified atom stereocenters. The molecule has 0 aliphatic heterocycles. The molecule has 0 aromatic heterocycles. The second kappa shape index (κ2) is 7.40. The molecular weight excluding hydrogens is 434 g/mol. The summed E-state index contributed by atoms with van der Waals surface area (Å²) < 4.78 is 0. The van der Waals surface area contributed by atoms with Crippen molar-refractivity contribution in [2.45, 2.75) is 91.9 Å². The van der Waals surface area contributed by atoms with Crippen LogP contribution in [0.2, 0.25) is 0 Å². The number of aromatic hydroxyl groups is 2. The predicted octanol–water partition coefficient (Wildman–Crippen LogP) is 5.04. The largest absolute Gasteiger partial charge is 0.504 e. The Labute approximate surface area is 210 Å². The number of allylic oxidation sites excluding steroid dienone is 2. The normalized spacial score (nSPS) is 41.9. The zero-order valence-electron chi connectivity index (χ0n) is 22.5. The average molecular weight is 478 g/mol. The molecule has 4 heteroatoms. The van der Waals surface area contributed by atoms with E-state index in [1.54, 1.807) is 6.07 Å². The highest BCUT2D eigenvalue weighted by atomic mass is 16.3. The molecule has 4 aliphatic carbocycles. The van der Waals surface area contributed by atoms with Gasteiger partial charge in [0.25, 0.3) is 0 Å². The standard InChI is InChI=1S/C31H43NO3/c1-8-32-26(35)28(4)12-11-27(3)13-15-30(6)23-10-9-20-19(2)25(34)22(33)17-21(20)29(23,5)14-16-31(30,7)24(27)18-28/h9-10,17,24,33-34H,2,8,11-16,18H2,1,3-7H3,(H,32,35). The van der Waals surface area contributed by atoms with Crippen molar-refractivity contribution < 1.29 is 15.0 Å². The molecule has 6 atom stereocenters. The van der Waals surface area contributed by atoms with Gasteiger partial charge in [0.1, 0.15) is 0 Å². The number of amides is 1. The van der Waals surface area contributed by atoms with Gasteiger partial charge in [0.05, 0.1) is 0 Å². The first kappa shape index (κ1) is 24.5. The zero-order valence-corrected chi connectivity index (χ0v) is 22.5. The summed E-state index contributed by atoms with van der Waals surface area (Å²) in [6.45, 7) is 18.7. The van der Waals surface area contributed by atoms with E-state index in [2.05, 4.69) is 58.7 Å². The lowest BCUT2D eigenvalue weighted by Gasteiger charge is -2.69. The van der Waals surface area contributed by atoms with Crippen LogP contribution in [-0.4, -0.2) is 22.7 Å². The van der Waals surface area contributed by atoms with Gasteiger partial charge in [-0.3, -0.25) is 4.79 Å². The molecule has 0 radical (unpaired) electrons. The maximum absolute atomic E-state index is 13.2. The van der Waals surface area contributed by atoms with E-state index in [-0.39, 0.29) is 44.5 Å². The fourth-order valence-electron chi connectivity index (χ4n) is 8.95. The van der Waals surface area contributed by atoms with Gasteiger partial charge in [0.15, 0.2) is 11.5 Å². The van der Waals surface area contributed by atoms with Crippen LogP contribution in [0.15, 0.2) is 17.7 Å². The number of nitrogens with one attached hydrogen (secondary N) is 1. The number of benzene rings is 1. The number of carbonyl (C=O) groups excluding carboxylic acids is 1. The Hall–Kier alpha value is -2.23. The molecule has 0 heterocycles. The van der Waals surface area contributed by atoms with E-state index in [1.807, 2.05) is 6.92 Å². The van der Waals surface area contributed by atoms with Crippen LogP contribution in [0, 0.1) is 27.6 Å². The van der Waals surface area contributed by atoms with Gasteiger partial charge in [-0.05, 0) is 90.9 Å². The molecule has 35 heavy (non-hydrogen) atoms. The van der Waals surface area contributed by atoms with E-state index < -0.39 is 0 Å². The maximum Gasteiger partial charge on any atom is 0.225 e. The number of hydrogen-bond acceptors (Lipinski definition) is 3. The van der Waals surface area contributed by atoms with Gasteiger partial charge in [-0.2, -0.15) is 0 Å². The van der Waals surface area contributed by atoms with Crippen LogP contribution in [0.1, 0.15) is 92.1 Å². The van der Waals surface area contributed by atoms with E-state index in [4.69, 9.17) is 0 Å². The fourth-order valence-corrected chi connectivity index (χ4v) is 8.95. The topological polar surface area (TPSA) is 69.6 Å². The first-order valence-electron chi connectivity index (χ1n) is 13.5. The summed E-state index contributed by atoms with van der Waals surface area (Å²) in [5.74, 6) is 0.492. The van der Waals surface area contributed by atoms with Crippen molar-refractivity contribution >= 4 is 18.6 Å². The minimum absolute atomic E-state index is 0.00725. The van der Waals surface area contributed by atoms with Crippen molar-refractivity contribution in [1.29, 1.82) is 0 Å². The van der Waals surface area contributed by atoms with Gasteiger partial charge in [-0.1, -0.05) is 58.9 Å². The zero-order chi connectivity index (χ0) is 25.6. The highest BCUT2D eigenvalue weighted by Gasteiger charge is 2.66. The molecule has 3 saturated carbocycles. The van der Waals surface area contributed by atoms with Crippen molar-refractivity contribution in [3.8, 4) is 11.5 Å². The fraction of sp³-hybridized carbons (Fsp3) is 0.645. The second-order valence-electron chi connectivity index (χ2n) is 13.3. The van der Waals surface area contributed by atoms with Crippen molar-refractivity contribution in [3.63, 3.8) is 0 Å². The highest BCUT2D eigenvalue weighted by molar-refractivity contribution is 5.82. The lowest BCUT2D eigenvalue weighted by Crippen LogP contribution is -2.63. The van der Waals surface area contributed by atoms with Crippen LogP contribution < -0.4 is 15.8 Å². The van der Waals surface area contributed by atoms with Gasteiger partial charge in [-0.15, -0.1) is 0 Å². The second-order valence-corrected chi connectivity index (χ2v) is 13.3. The number of phenols is 2. The maximum atomic E-state index is 13.2. The minimum Gasteiger partial charge on any atom is -0.504 e. The Morgan fingerprint density at radius 2 is 1.71 bits per heavy atom. The Morgan fingerprint density at radius 1 is 1.03 bits per heavy atom. The summed E-state index contributed by atoms with van der Waals surface area (Å²) >= 11 is 0. The minimum atomic E-state index is -0.312. The Kier molecular flexibility index (Phi) is 5.17. The molecule has 3 fully saturated rings. The summed E-state index contributed by atoms with van der Waals surface area (Å²) in [5.41, 5.74) is 2.35. The molecule has 0 spiro atoms. The monoisotopic (exact) mass is 477 g/mol. The SMILES string of the molecule is C=c1c(O)c(O)cc2c1=CC=C1C2(C)CCC2(C)C3CC(C)(C(=O)NCC)CCC3(C)CCC12C. The third kappa shape index (κ3) is 3.01. The molecule has 0 saturated heterocycles. The van der Waals surface area contributed by atoms with Crippen molar-refractivity contribution in [2.75, 3.05) is 6.54 Å². The molecule has 190 valence electrons. The summed E-state index contributed by atoms with van der Waals surface area (Å²) in [5, 5.41) is 25.4. The summed E-state index contributed by atoms with van der Waals surface area (Å²) in [6, 6.07) is 1.77. The lowest BCUT2D eigenvalue weighted by atomic mass is 9.34. The third-order valence-corrected chi connectivity index (χ3v) is 11.6. The number of rotatable bonds is 2. The quantitative estimate of drug-likeness (QED) is 0.523. The number of hydrogen-bond donors (Lipinski definition) is 3. The van der Waals surface area contributed by atoms with Gasteiger partial charge in [-0.25, -0.2) is 0 Å². The molecular formula is C31H43NO3. The Balaban J connectivity index is 1.63. The van der Waals surface area contributed by atoms with Crippen LogP contribution in [0.3, 0.4) is 0 Å². The van der Waals surface area contributed by atoms with Gasteiger partial charge < -0.3 is 15.5 Å². The van der Waals surface area contributed by atoms with E-state index >= 15 is 0 Å². The van der Waals surface area contributed by atoms with E-state index in [1.165, 1.54) is 12.0 Å². The van der Waals surface area contributed by atoms with E-state index in [0.29, 0.717) is 17.7 Å². The van der Waals surface area contributed by atoms with Crippen LogP contribution in [-0.2, 0) is 10.2 Å². The number of carbonyl (C=O) groups is 1. The molecule has 1 aromatic carbocycles. The molecule has 0 bridgehead atoms. The molecule has 1 aromatic rings. The molecule has 4 nitrogen and oxygen atoms in total. The van der Waals surface area contributed by atoms with Crippen molar-refractivity contribution in [3.05, 3.63) is 33.7 Å². The van der Waals surface area contributed by atoms with E-state index in [0.717, 1.165) is 49.3 Å². The third-order valence-electron chi connectivity index (χ3n) is 11.6. The van der Waals surface area contributed by atoms with Gasteiger partial charge >= 0.3 is 0 Å². The average Bonchev–Trinajstić information content (AvgIpc) is 2.81. The van der Waals surface area contributed by atoms with Gasteiger partial charge in [0.2, 0.25) is 5.91 Å². The Morgan fingerprint density at radius 3 is 2.40 bits per heavy atom. The highest BCUT2D eigenvalue weighted by Crippen LogP contribution is 2.74. The first-order valence-corrected chi connectivity index (χ1v) is 13.5. The molecule has 4 aliphatic rings. The Bertz CT molecular complexity index is 1250. The van der Waals surface area contributed by atoms with Gasteiger partial charge in [0, 0.05) is 22.6 Å². The van der Waals surface area contributed by atoms with E-state index in [9.17, 15) is 15.0 Å². The van der Waals surface area contributed by atoms with Crippen LogP contribution >= 0.6 is 0 Å². The van der Waals surface area contributed by atoms with Crippen LogP contribution in [0.5, 0.6) is 11.5 Å². The summed E-state index contributed by atoms with van der Waals surface area (Å²) in [4.78, 5) is 13.2. The van der Waals surface area contributed by atoms with Crippen molar-refractivity contribution in [2.24, 2.45) is 27.6 Å². The van der Waals surface area contributed by atoms with Crippen LogP contribution in [0.4, 0.5) is 0 Å². The molecule has 1 amide bonds. The van der Waals surface area contributed by atoms with Crippen molar-refractivity contribution in [1.82, 2.24) is 5.32 Å². The number of fused-ring (bicyclic) bond motifs is 7. The molecule has 3 N–H and O–H groups in total. The summed E-state index contributed by atoms with van der Waals surface area (Å²) in [6.07, 6.45) is 11.8. The van der Waals surface area contributed by atoms with Crippen LogP contribution in [0.25, 0.3) is 12.7 Å². The lowest BCUT2D eigenvalue weighted by molar-refractivity contribution is -0.167. The first-order chi connectivity index (χ1) is 16.3. The smallest absolute Gasteiger partial charge is 0.225 e. The number of phenolic OH excluding ortho intramolecular Hbond substituents is 2. The molecule has 5 rings (SSSR count). The summed E-state index contributed by atoms with van der Waals surface area (Å²) in [7, 11) is 0.